The lowest BCUT2D eigenvalue weighted by molar-refractivity contribution is -0.117. The van der Waals surface area contributed by atoms with Gasteiger partial charge in [-0.2, -0.15) is 0 Å². The van der Waals surface area contributed by atoms with Crippen molar-refractivity contribution in [3.05, 3.63) is 60.2 Å². The number of aliphatic hydroxyl groups excluding tert-OH is 4. The Bertz CT molecular complexity index is 834. The van der Waals surface area contributed by atoms with Crippen molar-refractivity contribution < 1.29 is 30.3 Å². The summed E-state index contributed by atoms with van der Waals surface area (Å²) in [4.78, 5) is 12.2. The lowest BCUT2D eigenvalue weighted by Crippen LogP contribution is -2.39. The Kier molecular flexibility index (Phi) is 10.1. The molecule has 0 unspecified atom stereocenters. The monoisotopic (exact) mass is 445 g/mol. The van der Waals surface area contributed by atoms with Crippen LogP contribution in [0.2, 0.25) is 0 Å². The molecule has 7 heteroatoms. The minimum Gasteiger partial charge on any atom is -0.508 e. The van der Waals surface area contributed by atoms with Crippen LogP contribution in [0.25, 0.3) is 0 Å². The summed E-state index contributed by atoms with van der Waals surface area (Å²) in [7, 11) is 0. The van der Waals surface area contributed by atoms with E-state index in [2.05, 4.69) is 5.32 Å². The van der Waals surface area contributed by atoms with Crippen LogP contribution in [-0.2, 0) is 11.2 Å². The number of phenols is 1. The standard InChI is InChI=1S/C25H35NO6/c1-16-22(29)9-7-5-3-4-6-8-20(27)15-24(31)26-19-12-18(13-21(28)14-19)10-11-23(30)17(2)25(16)32/h3-8,12-14,16-17,20,22-23,25,27-30,32H,9-11,15H2,1-2H3,(H,26,31)/b4-3+,7-5+,8-6+/t16-,17+,20-,22-,23-,25+/m0/s1. The van der Waals surface area contributed by atoms with E-state index in [1.165, 1.54) is 12.1 Å². The summed E-state index contributed by atoms with van der Waals surface area (Å²) in [5.74, 6) is -1.30. The van der Waals surface area contributed by atoms with Crippen LogP contribution in [0.4, 0.5) is 5.69 Å². The zero-order valence-corrected chi connectivity index (χ0v) is 18.6. The molecular weight excluding hydrogens is 410 g/mol. The van der Waals surface area contributed by atoms with Crippen LogP contribution in [0.3, 0.4) is 0 Å². The lowest BCUT2D eigenvalue weighted by Gasteiger charge is -2.31. The van der Waals surface area contributed by atoms with Gasteiger partial charge in [0.05, 0.1) is 30.8 Å². The summed E-state index contributed by atoms with van der Waals surface area (Å²) in [6.45, 7) is 3.50. The van der Waals surface area contributed by atoms with Gasteiger partial charge in [0.2, 0.25) is 5.91 Å². The average Bonchev–Trinajstić information content (AvgIpc) is 2.73. The number of aliphatic hydroxyl groups is 4. The molecule has 1 heterocycles. The van der Waals surface area contributed by atoms with E-state index < -0.39 is 42.2 Å². The molecule has 1 aliphatic rings. The second-order valence-electron chi connectivity index (χ2n) is 8.52. The number of phenolic OH excluding ortho intramolecular Hbond substituents is 1. The van der Waals surface area contributed by atoms with Gasteiger partial charge in [-0.05, 0) is 37.0 Å². The molecule has 0 saturated carbocycles. The van der Waals surface area contributed by atoms with Gasteiger partial charge in [-0.3, -0.25) is 4.79 Å². The van der Waals surface area contributed by atoms with Crippen molar-refractivity contribution in [1.82, 2.24) is 0 Å². The number of amides is 1. The zero-order chi connectivity index (χ0) is 23.7. The third-order valence-corrected chi connectivity index (χ3v) is 5.86. The number of fused-ring (bicyclic) bond motifs is 2. The second-order valence-corrected chi connectivity index (χ2v) is 8.52. The molecule has 2 rings (SSSR count). The first kappa shape index (κ1) is 25.8. The first-order valence-corrected chi connectivity index (χ1v) is 11.0. The van der Waals surface area contributed by atoms with E-state index in [4.69, 9.17) is 0 Å². The maximum Gasteiger partial charge on any atom is 0.227 e. The summed E-state index contributed by atoms with van der Waals surface area (Å²) >= 11 is 0. The van der Waals surface area contributed by atoms with Gasteiger partial charge in [0.15, 0.2) is 0 Å². The van der Waals surface area contributed by atoms with Gasteiger partial charge >= 0.3 is 0 Å². The van der Waals surface area contributed by atoms with Crippen molar-refractivity contribution in [3.63, 3.8) is 0 Å². The number of rotatable bonds is 0. The first-order chi connectivity index (χ1) is 15.2. The Morgan fingerprint density at radius 3 is 2.34 bits per heavy atom. The fraction of sp³-hybridized carbons (Fsp3) is 0.480. The van der Waals surface area contributed by atoms with Gasteiger partial charge in [0.25, 0.3) is 0 Å². The fourth-order valence-corrected chi connectivity index (χ4v) is 3.70. The summed E-state index contributed by atoms with van der Waals surface area (Å²) in [6.07, 6.45) is 7.65. The van der Waals surface area contributed by atoms with Gasteiger partial charge in [0, 0.05) is 23.6 Å². The van der Waals surface area contributed by atoms with Crippen LogP contribution in [0.15, 0.2) is 54.7 Å². The molecule has 7 nitrogen and oxygen atoms in total. The van der Waals surface area contributed by atoms with Crippen LogP contribution in [-0.4, -0.2) is 55.9 Å². The van der Waals surface area contributed by atoms with Crippen molar-refractivity contribution in [3.8, 4) is 5.75 Å². The summed E-state index contributed by atoms with van der Waals surface area (Å²) in [5, 5.41) is 54.3. The minimum atomic E-state index is -0.963. The molecule has 1 aliphatic heterocycles. The normalized spacial score (nSPS) is 34.0. The van der Waals surface area contributed by atoms with Crippen LogP contribution in [0.5, 0.6) is 5.75 Å². The maximum absolute atomic E-state index is 12.2. The fourth-order valence-electron chi connectivity index (χ4n) is 3.70. The number of nitrogens with one attached hydrogen (secondary N) is 1. The molecule has 6 N–H and O–H groups in total. The quantitative estimate of drug-likeness (QED) is 0.364. The highest BCUT2D eigenvalue weighted by molar-refractivity contribution is 5.91. The minimum absolute atomic E-state index is 0.0198. The van der Waals surface area contributed by atoms with Gasteiger partial charge < -0.3 is 30.8 Å². The molecule has 0 saturated heterocycles. The molecule has 0 radical (unpaired) electrons. The van der Waals surface area contributed by atoms with Crippen molar-refractivity contribution in [1.29, 1.82) is 0 Å². The Morgan fingerprint density at radius 2 is 1.59 bits per heavy atom. The molecule has 1 aromatic rings. The summed E-state index contributed by atoms with van der Waals surface area (Å²) in [6, 6.07) is 4.68. The van der Waals surface area contributed by atoms with Crippen molar-refractivity contribution >= 4 is 11.6 Å². The number of aromatic hydroxyl groups is 1. The number of aryl methyl sites for hydroxylation is 1. The Morgan fingerprint density at radius 1 is 0.906 bits per heavy atom. The topological polar surface area (TPSA) is 130 Å². The van der Waals surface area contributed by atoms with Gasteiger partial charge in [-0.25, -0.2) is 0 Å². The maximum atomic E-state index is 12.2. The highest BCUT2D eigenvalue weighted by Crippen LogP contribution is 2.25. The van der Waals surface area contributed by atoms with Crippen LogP contribution >= 0.6 is 0 Å². The molecule has 1 amide bonds. The number of anilines is 1. The molecule has 1 aromatic carbocycles. The lowest BCUT2D eigenvalue weighted by atomic mass is 9.83. The number of allylic oxidation sites excluding steroid dienone is 4. The highest BCUT2D eigenvalue weighted by atomic mass is 16.3. The first-order valence-electron chi connectivity index (χ1n) is 11.0. The third-order valence-electron chi connectivity index (χ3n) is 5.86. The largest absolute Gasteiger partial charge is 0.508 e. The number of hydrogen-bond acceptors (Lipinski definition) is 6. The second kappa shape index (κ2) is 12.6. The number of carbonyl (C=O) groups excluding carboxylic acids is 1. The summed E-state index contributed by atoms with van der Waals surface area (Å²) < 4.78 is 0. The van der Waals surface area contributed by atoms with Crippen molar-refractivity contribution in [2.45, 2.75) is 63.9 Å². The molecule has 0 aliphatic carbocycles. The van der Waals surface area contributed by atoms with Crippen LogP contribution < -0.4 is 5.32 Å². The highest BCUT2D eigenvalue weighted by Gasteiger charge is 2.30. The van der Waals surface area contributed by atoms with E-state index in [1.807, 2.05) is 0 Å². The van der Waals surface area contributed by atoms with Gasteiger partial charge in [0.1, 0.15) is 5.75 Å². The van der Waals surface area contributed by atoms with Gasteiger partial charge in [-0.1, -0.05) is 50.3 Å². The van der Waals surface area contributed by atoms with Crippen molar-refractivity contribution in [2.24, 2.45) is 11.8 Å². The van der Waals surface area contributed by atoms with Crippen LogP contribution in [0, 0.1) is 11.8 Å². The summed E-state index contributed by atoms with van der Waals surface area (Å²) in [5.41, 5.74) is 1.12. The SMILES string of the molecule is C[C@@H]1[C@@H](O)[C@H](C)[C@@H](O)CCc2cc(O)cc(c2)NC(=O)C[C@@H](O)/C=C/C=C/C=C/C[C@@H]1O. The molecule has 32 heavy (non-hydrogen) atoms. The van der Waals surface area contributed by atoms with E-state index in [-0.39, 0.29) is 12.2 Å². The average molecular weight is 446 g/mol. The molecule has 6 atom stereocenters. The van der Waals surface area contributed by atoms with E-state index in [0.717, 1.165) is 5.56 Å². The Hall–Kier alpha value is -2.45. The molecule has 0 spiro atoms. The number of carbonyl (C=O) groups is 1. The smallest absolute Gasteiger partial charge is 0.227 e. The molecule has 176 valence electrons. The predicted molar refractivity (Wildman–Crippen MR) is 124 cm³/mol. The molecule has 2 bridgehead atoms. The number of benzene rings is 1. The zero-order valence-electron chi connectivity index (χ0n) is 18.6. The number of hydrogen-bond donors (Lipinski definition) is 6. The van der Waals surface area contributed by atoms with Crippen molar-refractivity contribution in [2.75, 3.05) is 5.32 Å². The van der Waals surface area contributed by atoms with E-state index in [1.54, 1.807) is 56.4 Å². The van der Waals surface area contributed by atoms with Crippen LogP contribution in [0.1, 0.15) is 38.7 Å². The third kappa shape index (κ3) is 8.24. The Balaban J connectivity index is 2.22. The van der Waals surface area contributed by atoms with Gasteiger partial charge in [-0.15, -0.1) is 0 Å². The Labute approximate surface area is 189 Å². The molecular formula is C25H35NO6. The van der Waals surface area contributed by atoms with E-state index in [0.29, 0.717) is 24.9 Å². The predicted octanol–water partition coefficient (Wildman–Crippen LogP) is 2.44. The molecule has 0 fully saturated rings. The van der Waals surface area contributed by atoms with E-state index >= 15 is 0 Å². The van der Waals surface area contributed by atoms with E-state index in [9.17, 15) is 30.3 Å². The molecule has 0 aromatic heterocycles.